The average molecular weight is 337 g/mol. The topological polar surface area (TPSA) is 21.3 Å². The third kappa shape index (κ3) is 3.46. The molecule has 0 spiro atoms. The van der Waals surface area contributed by atoms with Gasteiger partial charge in [0, 0.05) is 16.8 Å². The molecular formula is C12H15BrClNOS. The van der Waals surface area contributed by atoms with Crippen molar-refractivity contribution in [2.24, 2.45) is 0 Å². The van der Waals surface area contributed by atoms with Crippen molar-refractivity contribution < 1.29 is 4.74 Å². The highest BCUT2D eigenvalue weighted by Crippen LogP contribution is 2.37. The number of hydrogen-bond acceptors (Lipinski definition) is 3. The second-order valence-corrected chi connectivity index (χ2v) is 6.34. The van der Waals surface area contributed by atoms with E-state index in [0.29, 0.717) is 17.7 Å². The van der Waals surface area contributed by atoms with Gasteiger partial charge >= 0.3 is 0 Å². The lowest BCUT2D eigenvalue weighted by Gasteiger charge is -2.18. The highest BCUT2D eigenvalue weighted by molar-refractivity contribution is 9.10. The fraction of sp³-hybridized carbons (Fsp3) is 0.500. The summed E-state index contributed by atoms with van der Waals surface area (Å²) in [5.41, 5.74) is 0.985. The Hall–Kier alpha value is -0.0600. The molecule has 1 unspecified atom stereocenters. The van der Waals surface area contributed by atoms with E-state index in [-0.39, 0.29) is 0 Å². The fourth-order valence-electron chi connectivity index (χ4n) is 1.83. The van der Waals surface area contributed by atoms with Crippen molar-refractivity contribution in [3.8, 4) is 5.75 Å². The second-order valence-electron chi connectivity index (χ2n) is 3.90. The molecule has 1 N–H and O–H groups in total. The number of rotatable bonds is 4. The van der Waals surface area contributed by atoms with Crippen LogP contribution in [0.25, 0.3) is 0 Å². The molecule has 0 saturated carbocycles. The first-order chi connectivity index (χ1) is 8.20. The number of ether oxygens (including phenoxy) is 1. The number of nitrogens with one attached hydrogen (secondary N) is 1. The van der Waals surface area contributed by atoms with Crippen LogP contribution in [0, 0.1) is 0 Å². The Kier molecular flexibility index (Phi) is 4.88. The minimum absolute atomic E-state index is 0.518. The molecule has 2 nitrogen and oxygen atoms in total. The molecule has 0 radical (unpaired) electrons. The van der Waals surface area contributed by atoms with Crippen LogP contribution in [0.4, 0.5) is 5.69 Å². The molecule has 94 valence electrons. The van der Waals surface area contributed by atoms with Gasteiger partial charge in [0.1, 0.15) is 0 Å². The molecule has 1 aliphatic heterocycles. The summed E-state index contributed by atoms with van der Waals surface area (Å²) in [7, 11) is 0. The number of anilines is 1. The largest absolute Gasteiger partial charge is 0.491 e. The van der Waals surface area contributed by atoms with Crippen LogP contribution >= 0.6 is 39.3 Å². The van der Waals surface area contributed by atoms with Gasteiger partial charge in [0.25, 0.3) is 0 Å². The summed E-state index contributed by atoms with van der Waals surface area (Å²) >= 11 is 11.6. The molecule has 5 heteroatoms. The van der Waals surface area contributed by atoms with Crippen LogP contribution in [0.3, 0.4) is 0 Å². The molecule has 2 rings (SSSR count). The van der Waals surface area contributed by atoms with E-state index >= 15 is 0 Å². The van der Waals surface area contributed by atoms with Crippen molar-refractivity contribution >= 4 is 45.0 Å². The Morgan fingerprint density at radius 1 is 1.59 bits per heavy atom. The first-order valence-electron chi connectivity index (χ1n) is 5.67. The van der Waals surface area contributed by atoms with E-state index in [1.54, 1.807) is 0 Å². The van der Waals surface area contributed by atoms with Crippen LogP contribution in [0.2, 0.25) is 5.02 Å². The molecular weight excluding hydrogens is 322 g/mol. The zero-order valence-electron chi connectivity index (χ0n) is 9.63. The molecule has 1 aromatic carbocycles. The Bertz CT molecular complexity index is 396. The summed E-state index contributed by atoms with van der Waals surface area (Å²) in [6.45, 7) is 2.63. The predicted octanol–water partition coefficient (Wildman–Crippen LogP) is 4.42. The van der Waals surface area contributed by atoms with Crippen LogP contribution < -0.4 is 10.1 Å². The van der Waals surface area contributed by atoms with Crippen molar-refractivity contribution in [3.05, 3.63) is 21.6 Å². The second kappa shape index (κ2) is 6.21. The molecule has 0 aliphatic carbocycles. The standard InChI is InChI=1S/C12H15BrClNOS/c1-2-16-12-10(13)5-8(14)6-11(12)15-9-3-4-17-7-9/h5-6,9,15H,2-4,7H2,1H3. The quantitative estimate of drug-likeness (QED) is 0.879. The van der Waals surface area contributed by atoms with Crippen LogP contribution in [0.1, 0.15) is 13.3 Å². The first-order valence-corrected chi connectivity index (χ1v) is 7.99. The summed E-state index contributed by atoms with van der Waals surface area (Å²) in [6.07, 6.45) is 1.19. The molecule has 17 heavy (non-hydrogen) atoms. The highest BCUT2D eigenvalue weighted by atomic mass is 79.9. The van der Waals surface area contributed by atoms with Gasteiger partial charge < -0.3 is 10.1 Å². The van der Waals surface area contributed by atoms with Gasteiger partial charge in [-0.1, -0.05) is 11.6 Å². The van der Waals surface area contributed by atoms with Crippen LogP contribution in [0.15, 0.2) is 16.6 Å². The van der Waals surface area contributed by atoms with Gasteiger partial charge in [-0.25, -0.2) is 0 Å². The molecule has 1 heterocycles. The third-order valence-corrected chi connectivity index (χ3v) is 4.56. The molecule has 0 bridgehead atoms. The molecule has 1 aliphatic rings. The normalized spacial score (nSPS) is 19.4. The van der Waals surface area contributed by atoms with E-state index in [1.807, 2.05) is 30.8 Å². The SMILES string of the molecule is CCOc1c(Br)cc(Cl)cc1NC1CCSC1. The Morgan fingerprint density at radius 3 is 3.06 bits per heavy atom. The molecule has 1 saturated heterocycles. The van der Waals surface area contributed by atoms with Gasteiger partial charge in [-0.15, -0.1) is 0 Å². The zero-order valence-corrected chi connectivity index (χ0v) is 12.8. The van der Waals surface area contributed by atoms with E-state index in [1.165, 1.54) is 12.2 Å². The van der Waals surface area contributed by atoms with E-state index in [2.05, 4.69) is 21.2 Å². The lowest BCUT2D eigenvalue weighted by Crippen LogP contribution is -2.18. The number of hydrogen-bond donors (Lipinski definition) is 1. The third-order valence-electron chi connectivity index (χ3n) is 2.59. The van der Waals surface area contributed by atoms with E-state index in [9.17, 15) is 0 Å². The van der Waals surface area contributed by atoms with E-state index in [0.717, 1.165) is 21.7 Å². The lowest BCUT2D eigenvalue weighted by atomic mass is 10.2. The lowest BCUT2D eigenvalue weighted by molar-refractivity contribution is 0.339. The summed E-state index contributed by atoms with van der Waals surface area (Å²) in [6, 6.07) is 4.31. The van der Waals surface area contributed by atoms with Crippen molar-refractivity contribution in [3.63, 3.8) is 0 Å². The van der Waals surface area contributed by atoms with Crippen molar-refractivity contribution in [2.45, 2.75) is 19.4 Å². The molecule has 1 fully saturated rings. The highest BCUT2D eigenvalue weighted by Gasteiger charge is 2.18. The van der Waals surface area contributed by atoms with Crippen LogP contribution in [-0.4, -0.2) is 24.2 Å². The minimum atomic E-state index is 0.518. The number of thioether (sulfide) groups is 1. The molecule has 0 aromatic heterocycles. The van der Waals surface area contributed by atoms with Crippen molar-refractivity contribution in [1.29, 1.82) is 0 Å². The van der Waals surface area contributed by atoms with Crippen LogP contribution in [-0.2, 0) is 0 Å². The van der Waals surface area contributed by atoms with Gasteiger partial charge in [-0.3, -0.25) is 0 Å². The van der Waals surface area contributed by atoms with Gasteiger partial charge in [0.15, 0.2) is 5.75 Å². The maximum absolute atomic E-state index is 6.08. The van der Waals surface area contributed by atoms with Crippen molar-refractivity contribution in [2.75, 3.05) is 23.4 Å². The summed E-state index contributed by atoms with van der Waals surface area (Å²) < 4.78 is 6.56. The fourth-order valence-corrected chi connectivity index (χ4v) is 3.90. The van der Waals surface area contributed by atoms with Gasteiger partial charge in [0.05, 0.1) is 16.8 Å². The average Bonchev–Trinajstić information content (AvgIpc) is 2.76. The Labute approximate surface area is 120 Å². The molecule has 1 aromatic rings. The Morgan fingerprint density at radius 2 is 2.41 bits per heavy atom. The summed E-state index contributed by atoms with van der Waals surface area (Å²) in [4.78, 5) is 0. The van der Waals surface area contributed by atoms with Crippen molar-refractivity contribution in [1.82, 2.24) is 0 Å². The summed E-state index contributed by atoms with van der Waals surface area (Å²) in [5.74, 6) is 3.23. The predicted molar refractivity (Wildman–Crippen MR) is 79.7 cm³/mol. The maximum Gasteiger partial charge on any atom is 0.156 e. The van der Waals surface area contributed by atoms with Gasteiger partial charge in [-0.05, 0) is 47.2 Å². The smallest absolute Gasteiger partial charge is 0.156 e. The zero-order chi connectivity index (χ0) is 12.3. The van der Waals surface area contributed by atoms with Gasteiger partial charge in [0.2, 0.25) is 0 Å². The molecule has 0 amide bonds. The first kappa shape index (κ1) is 13.4. The van der Waals surface area contributed by atoms with E-state index < -0.39 is 0 Å². The van der Waals surface area contributed by atoms with E-state index in [4.69, 9.17) is 16.3 Å². The minimum Gasteiger partial charge on any atom is -0.491 e. The molecule has 1 atom stereocenters. The number of benzene rings is 1. The van der Waals surface area contributed by atoms with Gasteiger partial charge in [-0.2, -0.15) is 11.8 Å². The van der Waals surface area contributed by atoms with Crippen LogP contribution in [0.5, 0.6) is 5.75 Å². The maximum atomic E-state index is 6.08. The number of halogens is 2. The summed E-state index contributed by atoms with van der Waals surface area (Å²) in [5, 5.41) is 4.23. The Balaban J connectivity index is 2.22. The monoisotopic (exact) mass is 335 g/mol.